The third-order valence-corrected chi connectivity index (χ3v) is 3.18. The maximum Gasteiger partial charge on any atom is 0.238 e. The van der Waals surface area contributed by atoms with Gasteiger partial charge in [0.1, 0.15) is 0 Å². The van der Waals surface area contributed by atoms with Crippen molar-refractivity contribution < 1.29 is 9.53 Å². The van der Waals surface area contributed by atoms with Gasteiger partial charge in [-0.25, -0.2) is 5.84 Å². The van der Waals surface area contributed by atoms with E-state index in [1.165, 1.54) is 0 Å². The molecule has 0 atom stereocenters. The minimum atomic E-state index is -0.220. The third kappa shape index (κ3) is 6.36. The zero-order valence-electron chi connectivity index (χ0n) is 12.3. The Labute approximate surface area is 125 Å². The maximum absolute atomic E-state index is 11.5. The number of ether oxygens (including phenoxy) is 1. The fourth-order valence-corrected chi connectivity index (χ4v) is 2.05. The van der Waals surface area contributed by atoms with E-state index in [0.717, 1.165) is 17.7 Å². The standard InChI is InChI=1S/C15H22N4O2/c1-21-10-9-19(8-4-7-16)12-14-6-3-2-5-13(14)11-15(20)18-17/h2-3,5-6H,4,8-12,17H2,1H3,(H,18,20). The van der Waals surface area contributed by atoms with E-state index in [4.69, 9.17) is 15.8 Å². The fourth-order valence-electron chi connectivity index (χ4n) is 2.05. The fraction of sp³-hybridized carbons (Fsp3) is 0.467. The molecule has 0 saturated carbocycles. The molecule has 1 amide bonds. The normalized spacial score (nSPS) is 10.4. The molecule has 1 aromatic rings. The number of nitrogens with two attached hydrogens (primary N) is 1. The Morgan fingerprint density at radius 3 is 2.71 bits per heavy atom. The predicted molar refractivity (Wildman–Crippen MR) is 79.9 cm³/mol. The van der Waals surface area contributed by atoms with Crippen LogP contribution in [0.3, 0.4) is 0 Å². The number of hydrogen-bond donors (Lipinski definition) is 2. The van der Waals surface area contributed by atoms with Crippen molar-refractivity contribution in [2.75, 3.05) is 26.8 Å². The summed E-state index contributed by atoms with van der Waals surface area (Å²) in [7, 11) is 1.65. The molecular formula is C15H22N4O2. The number of nitrogens with one attached hydrogen (secondary N) is 1. The molecule has 3 N–H and O–H groups in total. The van der Waals surface area contributed by atoms with Gasteiger partial charge in [0.25, 0.3) is 0 Å². The van der Waals surface area contributed by atoms with Crippen molar-refractivity contribution in [1.29, 1.82) is 5.26 Å². The molecule has 0 heterocycles. The lowest BCUT2D eigenvalue weighted by Gasteiger charge is -2.22. The van der Waals surface area contributed by atoms with E-state index >= 15 is 0 Å². The number of methoxy groups -OCH3 is 1. The summed E-state index contributed by atoms with van der Waals surface area (Å²) in [5.41, 5.74) is 4.16. The molecule has 0 aliphatic carbocycles. The van der Waals surface area contributed by atoms with Crippen molar-refractivity contribution in [2.45, 2.75) is 19.4 Å². The van der Waals surface area contributed by atoms with Gasteiger partial charge in [-0.05, 0) is 11.1 Å². The van der Waals surface area contributed by atoms with E-state index in [1.54, 1.807) is 7.11 Å². The van der Waals surface area contributed by atoms with Crippen LogP contribution in [0.2, 0.25) is 0 Å². The molecule has 0 bridgehead atoms. The van der Waals surface area contributed by atoms with Crippen LogP contribution < -0.4 is 11.3 Å². The lowest BCUT2D eigenvalue weighted by atomic mass is 10.0. The number of nitriles is 1. The van der Waals surface area contributed by atoms with Gasteiger partial charge in [-0.2, -0.15) is 5.26 Å². The van der Waals surface area contributed by atoms with Crippen LogP contribution in [0.5, 0.6) is 0 Å². The van der Waals surface area contributed by atoms with Gasteiger partial charge in [-0.15, -0.1) is 0 Å². The van der Waals surface area contributed by atoms with E-state index in [0.29, 0.717) is 26.1 Å². The van der Waals surface area contributed by atoms with Crippen molar-refractivity contribution in [1.82, 2.24) is 10.3 Å². The highest BCUT2D eigenvalue weighted by atomic mass is 16.5. The van der Waals surface area contributed by atoms with Gasteiger partial charge in [-0.3, -0.25) is 15.1 Å². The van der Waals surface area contributed by atoms with Gasteiger partial charge in [0, 0.05) is 33.2 Å². The topological polar surface area (TPSA) is 91.4 Å². The summed E-state index contributed by atoms with van der Waals surface area (Å²) in [5.74, 6) is 4.92. The van der Waals surface area contributed by atoms with Crippen molar-refractivity contribution in [3.63, 3.8) is 0 Å². The van der Waals surface area contributed by atoms with E-state index in [2.05, 4.69) is 16.4 Å². The van der Waals surface area contributed by atoms with Crippen LogP contribution in [0.1, 0.15) is 17.5 Å². The Bertz CT molecular complexity index is 485. The summed E-state index contributed by atoms with van der Waals surface area (Å²) in [4.78, 5) is 13.6. The smallest absolute Gasteiger partial charge is 0.238 e. The highest BCUT2D eigenvalue weighted by Crippen LogP contribution is 2.13. The second kappa shape index (κ2) is 9.88. The molecule has 114 valence electrons. The lowest BCUT2D eigenvalue weighted by molar-refractivity contribution is -0.120. The Kier molecular flexibility index (Phi) is 8.05. The van der Waals surface area contributed by atoms with Crippen LogP contribution in [-0.2, 0) is 22.5 Å². The van der Waals surface area contributed by atoms with Crippen LogP contribution in [0.15, 0.2) is 24.3 Å². The Balaban J connectivity index is 2.77. The molecule has 0 aliphatic rings. The molecule has 6 nitrogen and oxygen atoms in total. The molecule has 6 heteroatoms. The Morgan fingerprint density at radius 1 is 1.38 bits per heavy atom. The summed E-state index contributed by atoms with van der Waals surface area (Å²) >= 11 is 0. The van der Waals surface area contributed by atoms with Crippen molar-refractivity contribution >= 4 is 5.91 Å². The van der Waals surface area contributed by atoms with E-state index in [1.807, 2.05) is 24.3 Å². The number of benzene rings is 1. The van der Waals surface area contributed by atoms with Gasteiger partial charge in [0.2, 0.25) is 5.91 Å². The molecule has 0 radical (unpaired) electrons. The highest BCUT2D eigenvalue weighted by molar-refractivity contribution is 5.78. The van der Waals surface area contributed by atoms with Crippen LogP contribution in [0.25, 0.3) is 0 Å². The van der Waals surface area contributed by atoms with Crippen LogP contribution in [-0.4, -0.2) is 37.6 Å². The van der Waals surface area contributed by atoms with Gasteiger partial charge in [0.15, 0.2) is 0 Å². The maximum atomic E-state index is 11.5. The molecule has 0 fully saturated rings. The average molecular weight is 290 g/mol. The number of nitrogens with zero attached hydrogens (tertiary/aromatic N) is 2. The number of hydrazine groups is 1. The summed E-state index contributed by atoms with van der Waals surface area (Å²) in [6, 6.07) is 9.91. The van der Waals surface area contributed by atoms with Gasteiger partial charge in [-0.1, -0.05) is 24.3 Å². The first kappa shape index (κ1) is 17.1. The molecule has 0 saturated heterocycles. The number of amides is 1. The van der Waals surface area contributed by atoms with E-state index in [9.17, 15) is 4.79 Å². The summed E-state index contributed by atoms with van der Waals surface area (Å²) in [6.07, 6.45) is 0.720. The van der Waals surface area contributed by atoms with Crippen molar-refractivity contribution in [3.8, 4) is 6.07 Å². The van der Waals surface area contributed by atoms with Crippen LogP contribution >= 0.6 is 0 Å². The van der Waals surface area contributed by atoms with Crippen molar-refractivity contribution in [3.05, 3.63) is 35.4 Å². The SMILES string of the molecule is COCCN(CCC#N)Cc1ccccc1CC(=O)NN. The molecule has 0 unspecified atom stereocenters. The number of carbonyl (C=O) groups excluding carboxylic acids is 1. The largest absolute Gasteiger partial charge is 0.383 e. The zero-order chi connectivity index (χ0) is 15.5. The molecule has 21 heavy (non-hydrogen) atoms. The monoisotopic (exact) mass is 290 g/mol. The number of carbonyl (C=O) groups is 1. The minimum Gasteiger partial charge on any atom is -0.383 e. The summed E-state index contributed by atoms with van der Waals surface area (Å²) < 4.78 is 5.10. The molecule has 0 aliphatic heterocycles. The number of rotatable bonds is 9. The second-order valence-corrected chi connectivity index (χ2v) is 4.69. The molecule has 0 spiro atoms. The van der Waals surface area contributed by atoms with Crippen LogP contribution in [0, 0.1) is 11.3 Å². The Hall–Kier alpha value is -1.94. The molecular weight excluding hydrogens is 268 g/mol. The van der Waals surface area contributed by atoms with Crippen molar-refractivity contribution in [2.24, 2.45) is 5.84 Å². The lowest BCUT2D eigenvalue weighted by Crippen LogP contribution is -2.32. The first-order valence-corrected chi connectivity index (χ1v) is 6.85. The predicted octanol–water partition coefficient (Wildman–Crippen LogP) is 0.581. The average Bonchev–Trinajstić information content (AvgIpc) is 2.51. The first-order chi connectivity index (χ1) is 10.2. The first-order valence-electron chi connectivity index (χ1n) is 6.85. The summed E-state index contributed by atoms with van der Waals surface area (Å²) in [6.45, 7) is 2.71. The van der Waals surface area contributed by atoms with Crippen LogP contribution in [0.4, 0.5) is 0 Å². The van der Waals surface area contributed by atoms with Gasteiger partial charge in [0.05, 0.1) is 19.1 Å². The summed E-state index contributed by atoms with van der Waals surface area (Å²) in [5, 5.41) is 8.74. The van der Waals surface area contributed by atoms with E-state index < -0.39 is 0 Å². The van der Waals surface area contributed by atoms with Gasteiger partial charge < -0.3 is 4.74 Å². The number of hydrogen-bond acceptors (Lipinski definition) is 5. The molecule has 0 aromatic heterocycles. The minimum absolute atomic E-state index is 0.220. The second-order valence-electron chi connectivity index (χ2n) is 4.69. The van der Waals surface area contributed by atoms with E-state index in [-0.39, 0.29) is 12.3 Å². The quantitative estimate of drug-likeness (QED) is 0.394. The third-order valence-electron chi connectivity index (χ3n) is 3.18. The molecule has 1 rings (SSSR count). The molecule has 1 aromatic carbocycles. The highest BCUT2D eigenvalue weighted by Gasteiger charge is 2.11. The van der Waals surface area contributed by atoms with Gasteiger partial charge >= 0.3 is 0 Å². The zero-order valence-corrected chi connectivity index (χ0v) is 12.3. The Morgan fingerprint density at radius 2 is 2.10 bits per heavy atom.